The molecule has 0 fully saturated rings. The van der Waals surface area contributed by atoms with Gasteiger partial charge in [0, 0.05) is 0 Å². The van der Waals surface area contributed by atoms with E-state index in [0.29, 0.717) is 6.29 Å². The molecule has 0 radical (unpaired) electrons. The Balaban J connectivity index is 3.25. The highest BCUT2D eigenvalue weighted by Crippen LogP contribution is 2.41. The largest absolute Gasteiger partial charge is 0.505 e. The first-order chi connectivity index (χ1) is 7.51. The van der Waals surface area contributed by atoms with Crippen LogP contribution in [0.3, 0.4) is 0 Å². The van der Waals surface area contributed by atoms with Gasteiger partial charge in [-0.25, -0.2) is 0 Å². The van der Waals surface area contributed by atoms with Crippen molar-refractivity contribution in [2.45, 2.75) is 0 Å². The number of hydrogen-bond donors (Lipinski definition) is 2. The Morgan fingerprint density at radius 1 is 1.56 bits per heavy atom. The average Bonchev–Trinajstić information content (AvgIpc) is 2.28. The van der Waals surface area contributed by atoms with Crippen molar-refractivity contribution in [1.29, 1.82) is 0 Å². The molecule has 86 valence electrons. The van der Waals surface area contributed by atoms with Crippen LogP contribution in [0.25, 0.3) is 0 Å². The lowest BCUT2D eigenvalue weighted by Crippen LogP contribution is -2.19. The van der Waals surface area contributed by atoms with Crippen molar-refractivity contribution in [2.75, 3.05) is 6.54 Å². The maximum Gasteiger partial charge on any atom is 0.325 e. The molecule has 0 aliphatic carbocycles. The third-order valence-corrected chi connectivity index (χ3v) is 2.32. The van der Waals surface area contributed by atoms with E-state index in [4.69, 9.17) is 33.7 Å². The summed E-state index contributed by atoms with van der Waals surface area (Å²) in [5.74, 6) is -1.48. The Morgan fingerprint density at radius 3 is 2.69 bits per heavy atom. The van der Waals surface area contributed by atoms with Gasteiger partial charge in [0.05, 0.1) is 17.1 Å². The van der Waals surface area contributed by atoms with Crippen LogP contribution in [0.2, 0.25) is 10.0 Å². The summed E-state index contributed by atoms with van der Waals surface area (Å²) < 4.78 is 4.70. The molecule has 5 nitrogen and oxygen atoms in total. The number of phenolic OH excluding ortho intramolecular Hbond substituents is 1. The molecule has 0 spiro atoms. The SMILES string of the molecule is NCC(=O)Oc1c(Cl)cc(C=O)c(O)c1Cl. The summed E-state index contributed by atoms with van der Waals surface area (Å²) in [6, 6.07) is 1.13. The minimum absolute atomic E-state index is 0.0632. The molecular formula is C9H7Cl2NO4. The standard InChI is InChI=1S/C9H7Cl2NO4/c10-5-1-4(3-13)8(15)7(11)9(5)16-6(14)2-12/h1,3,15H,2,12H2. The van der Waals surface area contributed by atoms with E-state index in [2.05, 4.69) is 0 Å². The summed E-state index contributed by atoms with van der Waals surface area (Å²) in [6.07, 6.45) is 0.377. The van der Waals surface area contributed by atoms with Crippen molar-refractivity contribution in [1.82, 2.24) is 0 Å². The third-order valence-electron chi connectivity index (χ3n) is 1.69. The van der Waals surface area contributed by atoms with Gasteiger partial charge < -0.3 is 15.6 Å². The normalized spacial score (nSPS) is 9.94. The molecule has 0 aromatic heterocycles. The Morgan fingerprint density at radius 2 is 2.19 bits per heavy atom. The molecule has 0 unspecified atom stereocenters. The number of phenols is 1. The van der Waals surface area contributed by atoms with Gasteiger partial charge in [-0.1, -0.05) is 23.2 Å². The zero-order valence-electron chi connectivity index (χ0n) is 7.87. The van der Waals surface area contributed by atoms with E-state index in [-0.39, 0.29) is 27.9 Å². The number of hydrogen-bond acceptors (Lipinski definition) is 5. The fraction of sp³-hybridized carbons (Fsp3) is 0.111. The number of ether oxygens (including phenoxy) is 1. The van der Waals surface area contributed by atoms with Gasteiger partial charge in [0.25, 0.3) is 0 Å². The first-order valence-electron chi connectivity index (χ1n) is 4.08. The monoisotopic (exact) mass is 263 g/mol. The zero-order valence-corrected chi connectivity index (χ0v) is 9.38. The average molecular weight is 264 g/mol. The zero-order chi connectivity index (χ0) is 12.3. The van der Waals surface area contributed by atoms with Crippen LogP contribution in [0.4, 0.5) is 0 Å². The van der Waals surface area contributed by atoms with Gasteiger partial charge in [-0.2, -0.15) is 0 Å². The molecule has 0 bridgehead atoms. The molecule has 7 heteroatoms. The van der Waals surface area contributed by atoms with Crippen LogP contribution in [-0.2, 0) is 4.79 Å². The van der Waals surface area contributed by atoms with Gasteiger partial charge in [-0.15, -0.1) is 0 Å². The molecule has 16 heavy (non-hydrogen) atoms. The van der Waals surface area contributed by atoms with Crippen molar-refractivity contribution >= 4 is 35.5 Å². The molecule has 0 aliphatic heterocycles. The molecule has 1 aromatic carbocycles. The molecule has 0 atom stereocenters. The first kappa shape index (κ1) is 12.8. The molecule has 0 heterocycles. The van der Waals surface area contributed by atoms with E-state index in [1.54, 1.807) is 0 Å². The summed E-state index contributed by atoms with van der Waals surface area (Å²) in [5, 5.41) is 9.07. The van der Waals surface area contributed by atoms with E-state index >= 15 is 0 Å². The van der Waals surface area contributed by atoms with Gasteiger partial charge >= 0.3 is 5.97 Å². The van der Waals surface area contributed by atoms with Crippen molar-refractivity contribution in [3.63, 3.8) is 0 Å². The van der Waals surface area contributed by atoms with Crippen molar-refractivity contribution in [2.24, 2.45) is 5.73 Å². The van der Waals surface area contributed by atoms with E-state index in [9.17, 15) is 14.7 Å². The fourth-order valence-electron chi connectivity index (χ4n) is 0.948. The molecule has 3 N–H and O–H groups in total. The number of aldehydes is 1. The molecule has 0 aliphatic rings. The highest BCUT2D eigenvalue weighted by atomic mass is 35.5. The Bertz CT molecular complexity index is 448. The van der Waals surface area contributed by atoms with Gasteiger partial charge in [0.2, 0.25) is 0 Å². The van der Waals surface area contributed by atoms with E-state index in [0.717, 1.165) is 6.07 Å². The number of carbonyl (C=O) groups is 2. The predicted octanol–water partition coefficient (Wildman–Crippen LogP) is 1.38. The van der Waals surface area contributed by atoms with Gasteiger partial charge in [-0.3, -0.25) is 9.59 Å². The second-order valence-corrected chi connectivity index (χ2v) is 3.52. The number of nitrogens with two attached hydrogens (primary N) is 1. The lowest BCUT2D eigenvalue weighted by atomic mass is 10.2. The summed E-state index contributed by atoms with van der Waals surface area (Å²) >= 11 is 11.4. The maximum absolute atomic E-state index is 10.9. The highest BCUT2D eigenvalue weighted by Gasteiger charge is 2.18. The Labute approximate surface area is 101 Å². The molecule has 0 amide bonds. The van der Waals surface area contributed by atoms with Crippen LogP contribution in [0.1, 0.15) is 10.4 Å². The smallest absolute Gasteiger partial charge is 0.325 e. The number of carbonyl (C=O) groups excluding carboxylic acids is 2. The van der Waals surface area contributed by atoms with E-state index in [1.165, 1.54) is 0 Å². The molecule has 1 aromatic rings. The van der Waals surface area contributed by atoms with Gasteiger partial charge in [-0.05, 0) is 6.07 Å². The van der Waals surface area contributed by atoms with E-state index < -0.39 is 11.7 Å². The number of esters is 1. The predicted molar refractivity (Wildman–Crippen MR) is 58.2 cm³/mol. The van der Waals surface area contributed by atoms with Gasteiger partial charge in [0.15, 0.2) is 12.0 Å². The van der Waals surface area contributed by atoms with Crippen LogP contribution in [0, 0.1) is 0 Å². The molecule has 1 rings (SSSR count). The van der Waals surface area contributed by atoms with Crippen LogP contribution >= 0.6 is 23.2 Å². The minimum atomic E-state index is -0.762. The van der Waals surface area contributed by atoms with Crippen LogP contribution < -0.4 is 10.5 Å². The number of benzene rings is 1. The highest BCUT2D eigenvalue weighted by molar-refractivity contribution is 6.38. The quantitative estimate of drug-likeness (QED) is 0.489. The fourth-order valence-corrected chi connectivity index (χ4v) is 1.50. The molecular weight excluding hydrogens is 257 g/mol. The van der Waals surface area contributed by atoms with Gasteiger partial charge in [0.1, 0.15) is 10.8 Å². The number of aromatic hydroxyl groups is 1. The summed E-state index contributed by atoms with van der Waals surface area (Å²) in [7, 11) is 0. The van der Waals surface area contributed by atoms with Crippen LogP contribution in [0.5, 0.6) is 11.5 Å². The first-order valence-corrected chi connectivity index (χ1v) is 4.83. The summed E-state index contributed by atoms with van der Waals surface area (Å²) in [6.45, 7) is -0.358. The minimum Gasteiger partial charge on any atom is -0.505 e. The van der Waals surface area contributed by atoms with Crippen LogP contribution in [0.15, 0.2) is 6.07 Å². The third kappa shape index (κ3) is 2.44. The van der Waals surface area contributed by atoms with Crippen molar-refractivity contribution in [3.8, 4) is 11.5 Å². The maximum atomic E-state index is 10.9. The lowest BCUT2D eigenvalue weighted by molar-refractivity contribution is -0.132. The summed E-state index contributed by atoms with van der Waals surface area (Å²) in [5.41, 5.74) is 4.94. The second-order valence-electron chi connectivity index (χ2n) is 2.74. The lowest BCUT2D eigenvalue weighted by Gasteiger charge is -2.09. The second kappa shape index (κ2) is 5.16. The number of halogens is 2. The topological polar surface area (TPSA) is 89.6 Å². The van der Waals surface area contributed by atoms with E-state index in [1.807, 2.05) is 0 Å². The number of rotatable bonds is 3. The Hall–Kier alpha value is -1.30. The van der Waals surface area contributed by atoms with Crippen LogP contribution in [-0.4, -0.2) is 23.9 Å². The van der Waals surface area contributed by atoms with Crippen molar-refractivity contribution < 1.29 is 19.4 Å². The summed E-state index contributed by atoms with van der Waals surface area (Å²) in [4.78, 5) is 21.5. The molecule has 0 saturated heterocycles. The molecule has 0 saturated carbocycles. The van der Waals surface area contributed by atoms with Crippen molar-refractivity contribution in [3.05, 3.63) is 21.7 Å². The Kier molecular flexibility index (Phi) is 4.12.